The molecule has 0 aliphatic heterocycles. The second kappa shape index (κ2) is 13.9. The average Bonchev–Trinajstić information content (AvgIpc) is 2.90. The van der Waals surface area contributed by atoms with Crippen LogP contribution >= 0.6 is 46.4 Å². The molecular formula is C28H29Cl4N3O4S. The van der Waals surface area contributed by atoms with E-state index >= 15 is 0 Å². The third-order valence-corrected chi connectivity index (χ3v) is 9.01. The molecule has 1 N–H and O–H groups in total. The number of hydrogen-bond acceptors (Lipinski definition) is 4. The quantitative estimate of drug-likeness (QED) is 0.248. The normalized spacial score (nSPS) is 12.2. The summed E-state index contributed by atoms with van der Waals surface area (Å²) >= 11 is 24.9. The number of rotatable bonds is 11. The maximum Gasteiger partial charge on any atom is 0.264 e. The largest absolute Gasteiger partial charge is 0.352 e. The number of benzene rings is 3. The highest BCUT2D eigenvalue weighted by atomic mass is 35.5. The van der Waals surface area contributed by atoms with Gasteiger partial charge in [-0.3, -0.25) is 13.9 Å². The number of halogens is 4. The third kappa shape index (κ3) is 7.83. The van der Waals surface area contributed by atoms with Crippen LogP contribution in [0.2, 0.25) is 20.1 Å². The number of nitrogens with zero attached hydrogens (tertiary/aromatic N) is 2. The van der Waals surface area contributed by atoms with Gasteiger partial charge in [0.25, 0.3) is 10.0 Å². The van der Waals surface area contributed by atoms with Crippen LogP contribution in [0.1, 0.15) is 32.8 Å². The first-order valence-electron chi connectivity index (χ1n) is 12.4. The highest BCUT2D eigenvalue weighted by Gasteiger charge is 2.34. The predicted octanol–water partition coefficient (Wildman–Crippen LogP) is 6.83. The summed E-state index contributed by atoms with van der Waals surface area (Å²) in [6, 6.07) is 15.8. The molecule has 0 aromatic heterocycles. The van der Waals surface area contributed by atoms with Crippen LogP contribution < -0.4 is 9.62 Å². The molecule has 0 aliphatic rings. The Morgan fingerprint density at radius 2 is 1.52 bits per heavy atom. The van der Waals surface area contributed by atoms with Crippen LogP contribution in [-0.2, 0) is 26.2 Å². The lowest BCUT2D eigenvalue weighted by Crippen LogP contribution is -2.53. The van der Waals surface area contributed by atoms with Crippen molar-refractivity contribution >= 4 is 73.9 Å². The zero-order valence-corrected chi connectivity index (χ0v) is 25.9. The van der Waals surface area contributed by atoms with Crippen molar-refractivity contribution < 1.29 is 18.0 Å². The molecule has 40 heavy (non-hydrogen) atoms. The molecule has 0 bridgehead atoms. The van der Waals surface area contributed by atoms with Gasteiger partial charge in [0.15, 0.2) is 0 Å². The Bertz CT molecular complexity index is 1470. The predicted molar refractivity (Wildman–Crippen MR) is 162 cm³/mol. The lowest BCUT2D eigenvalue weighted by molar-refractivity contribution is -0.140. The lowest BCUT2D eigenvalue weighted by Gasteiger charge is -2.33. The van der Waals surface area contributed by atoms with Crippen molar-refractivity contribution in [2.24, 2.45) is 0 Å². The van der Waals surface area contributed by atoms with E-state index in [1.54, 1.807) is 43.3 Å². The van der Waals surface area contributed by atoms with E-state index in [9.17, 15) is 18.0 Å². The SMILES string of the molecule is CC[C@@H](C(=O)NC(C)C)N(Cc1ccc(Cl)c(Cl)c1)C(=O)CN(c1cc(Cl)ccc1Cl)S(=O)(=O)c1ccccc1. The van der Waals surface area contributed by atoms with E-state index in [1.165, 1.54) is 35.2 Å². The Morgan fingerprint density at radius 3 is 2.12 bits per heavy atom. The molecule has 0 aliphatic carbocycles. The first-order valence-corrected chi connectivity index (χ1v) is 15.4. The number of sulfonamides is 1. The molecule has 3 aromatic carbocycles. The zero-order chi connectivity index (χ0) is 29.6. The molecule has 214 valence electrons. The maximum absolute atomic E-state index is 14.1. The van der Waals surface area contributed by atoms with E-state index in [-0.39, 0.29) is 50.6 Å². The third-order valence-electron chi connectivity index (χ3n) is 5.94. The molecule has 12 heteroatoms. The molecule has 3 rings (SSSR count). The summed E-state index contributed by atoms with van der Waals surface area (Å²) in [5.41, 5.74) is 0.636. The minimum Gasteiger partial charge on any atom is -0.352 e. The summed E-state index contributed by atoms with van der Waals surface area (Å²) in [5.74, 6) is -1.00. The van der Waals surface area contributed by atoms with Crippen LogP contribution in [0, 0.1) is 0 Å². The summed E-state index contributed by atoms with van der Waals surface area (Å²) in [6.07, 6.45) is 0.273. The van der Waals surface area contributed by atoms with Crippen molar-refractivity contribution in [2.75, 3.05) is 10.8 Å². The number of carbonyl (C=O) groups excluding carboxylic acids is 2. The number of amides is 2. The fourth-order valence-corrected chi connectivity index (χ4v) is 6.25. The molecule has 0 saturated carbocycles. The second-order valence-corrected chi connectivity index (χ2v) is 12.8. The van der Waals surface area contributed by atoms with Gasteiger partial charge in [-0.05, 0) is 68.3 Å². The molecule has 0 spiro atoms. The highest BCUT2D eigenvalue weighted by Crippen LogP contribution is 2.33. The Labute approximate surface area is 255 Å². The van der Waals surface area contributed by atoms with Crippen molar-refractivity contribution in [2.45, 2.75) is 50.7 Å². The molecule has 7 nitrogen and oxygen atoms in total. The van der Waals surface area contributed by atoms with E-state index in [4.69, 9.17) is 46.4 Å². The zero-order valence-electron chi connectivity index (χ0n) is 22.1. The van der Waals surface area contributed by atoms with Crippen molar-refractivity contribution in [1.82, 2.24) is 10.2 Å². The molecule has 0 heterocycles. The van der Waals surface area contributed by atoms with Gasteiger partial charge in [0.2, 0.25) is 11.8 Å². The van der Waals surface area contributed by atoms with Crippen LogP contribution in [-0.4, -0.2) is 43.8 Å². The molecule has 2 amide bonds. The van der Waals surface area contributed by atoms with E-state index in [2.05, 4.69) is 5.32 Å². The summed E-state index contributed by atoms with van der Waals surface area (Å²) < 4.78 is 28.6. The maximum atomic E-state index is 14.1. The Kier molecular flexibility index (Phi) is 11.1. The van der Waals surface area contributed by atoms with Gasteiger partial charge in [0.1, 0.15) is 12.6 Å². The Morgan fingerprint density at radius 1 is 0.875 bits per heavy atom. The topological polar surface area (TPSA) is 86.8 Å². The fraction of sp³-hybridized carbons (Fsp3) is 0.286. The molecule has 0 radical (unpaired) electrons. The fourth-order valence-electron chi connectivity index (χ4n) is 4.04. The molecule has 0 saturated heterocycles. The van der Waals surface area contributed by atoms with Gasteiger partial charge in [-0.2, -0.15) is 0 Å². The Hall–Kier alpha value is -2.49. The van der Waals surface area contributed by atoms with Crippen molar-refractivity contribution in [3.63, 3.8) is 0 Å². The second-order valence-electron chi connectivity index (χ2n) is 9.28. The van der Waals surface area contributed by atoms with Crippen molar-refractivity contribution in [3.05, 3.63) is 92.4 Å². The number of nitrogens with one attached hydrogen (secondary N) is 1. The smallest absolute Gasteiger partial charge is 0.264 e. The number of carbonyl (C=O) groups is 2. The molecule has 0 unspecified atom stereocenters. The number of hydrogen-bond donors (Lipinski definition) is 1. The lowest BCUT2D eigenvalue weighted by atomic mass is 10.1. The molecule has 3 aromatic rings. The summed E-state index contributed by atoms with van der Waals surface area (Å²) in [6.45, 7) is 4.72. The van der Waals surface area contributed by atoms with Gasteiger partial charge >= 0.3 is 0 Å². The van der Waals surface area contributed by atoms with Gasteiger partial charge in [0.05, 0.1) is 25.7 Å². The van der Waals surface area contributed by atoms with Gasteiger partial charge < -0.3 is 10.2 Å². The van der Waals surface area contributed by atoms with Crippen LogP contribution in [0.25, 0.3) is 0 Å². The monoisotopic (exact) mass is 643 g/mol. The number of anilines is 1. The van der Waals surface area contributed by atoms with E-state index in [0.717, 1.165) is 4.31 Å². The van der Waals surface area contributed by atoms with Crippen LogP contribution in [0.4, 0.5) is 5.69 Å². The van der Waals surface area contributed by atoms with Gasteiger partial charge in [0, 0.05) is 17.6 Å². The van der Waals surface area contributed by atoms with Crippen molar-refractivity contribution in [1.29, 1.82) is 0 Å². The summed E-state index contributed by atoms with van der Waals surface area (Å²) in [7, 11) is -4.28. The van der Waals surface area contributed by atoms with Gasteiger partial charge in [-0.1, -0.05) is 77.6 Å². The van der Waals surface area contributed by atoms with Crippen LogP contribution in [0.15, 0.2) is 71.6 Å². The van der Waals surface area contributed by atoms with Crippen LogP contribution in [0.3, 0.4) is 0 Å². The molecule has 0 fully saturated rings. The molecule has 1 atom stereocenters. The summed E-state index contributed by atoms with van der Waals surface area (Å²) in [4.78, 5) is 28.5. The first kappa shape index (κ1) is 32.0. The van der Waals surface area contributed by atoms with E-state index in [0.29, 0.717) is 10.6 Å². The minimum atomic E-state index is -4.28. The van der Waals surface area contributed by atoms with E-state index < -0.39 is 28.5 Å². The first-order chi connectivity index (χ1) is 18.8. The average molecular weight is 645 g/mol. The minimum absolute atomic E-state index is 0.0255. The van der Waals surface area contributed by atoms with Crippen LogP contribution in [0.5, 0.6) is 0 Å². The highest BCUT2D eigenvalue weighted by molar-refractivity contribution is 7.92. The Balaban J connectivity index is 2.11. The van der Waals surface area contributed by atoms with Gasteiger partial charge in [-0.25, -0.2) is 8.42 Å². The molecular weight excluding hydrogens is 616 g/mol. The van der Waals surface area contributed by atoms with E-state index in [1.807, 2.05) is 13.8 Å². The standard InChI is InChI=1S/C28H29Cl4N3O4S/c1-4-25(28(37)33-18(2)3)34(16-19-10-12-22(30)24(32)14-19)27(36)17-35(26-15-20(29)11-13-23(26)31)40(38,39)21-8-6-5-7-9-21/h5-15,18,25H,4,16-17H2,1-3H3,(H,33,37)/t25-/m0/s1. The summed E-state index contributed by atoms with van der Waals surface area (Å²) in [5, 5.41) is 3.77. The van der Waals surface area contributed by atoms with Gasteiger partial charge in [-0.15, -0.1) is 0 Å². The van der Waals surface area contributed by atoms with Crippen molar-refractivity contribution in [3.8, 4) is 0 Å².